The van der Waals surface area contributed by atoms with Gasteiger partial charge in [0, 0.05) is 12.0 Å². The summed E-state index contributed by atoms with van der Waals surface area (Å²) >= 11 is 0. The molecule has 0 heterocycles. The Bertz CT molecular complexity index is 440. The highest BCUT2D eigenvalue weighted by atomic mass is 16.3. The lowest BCUT2D eigenvalue weighted by atomic mass is 9.49. The van der Waals surface area contributed by atoms with Crippen LogP contribution in [-0.2, 0) is 9.59 Å². The van der Waals surface area contributed by atoms with Crippen molar-refractivity contribution >= 4 is 11.8 Å². The van der Waals surface area contributed by atoms with E-state index < -0.39 is 6.04 Å². The normalized spacial score (nSPS) is 36.1. The molecule has 1 atom stereocenters. The molecule has 0 spiro atoms. The van der Waals surface area contributed by atoms with Crippen molar-refractivity contribution in [1.82, 2.24) is 10.6 Å². The molecular formula is C18H30N2O3. The van der Waals surface area contributed by atoms with Gasteiger partial charge < -0.3 is 15.7 Å². The van der Waals surface area contributed by atoms with Gasteiger partial charge in [-0.1, -0.05) is 13.8 Å². The number of aliphatic hydroxyl groups excluding tert-OH is 1. The van der Waals surface area contributed by atoms with E-state index in [1.165, 1.54) is 19.3 Å². The standard InChI is InChI=1S/C18H30N2O3/c1-11(2)15(16(22)19-3-4-21)20-17(23)18-8-12-5-13(9-18)7-14(6-12)10-18/h11-15,21H,3-10H2,1-2H3,(H,19,22)(H,20,23). The number of rotatable bonds is 6. The molecule has 3 N–H and O–H groups in total. The molecular weight excluding hydrogens is 292 g/mol. The Morgan fingerprint density at radius 3 is 2.04 bits per heavy atom. The third-order valence-electron chi connectivity index (χ3n) is 6.17. The number of aliphatic hydroxyl groups is 1. The minimum absolute atomic E-state index is 0.0338. The van der Waals surface area contributed by atoms with Gasteiger partial charge in [0.05, 0.1) is 6.61 Å². The fourth-order valence-electron chi connectivity index (χ4n) is 5.51. The zero-order valence-corrected chi connectivity index (χ0v) is 14.3. The molecule has 2 amide bonds. The quantitative estimate of drug-likeness (QED) is 0.692. The second-order valence-electron chi connectivity index (χ2n) is 8.41. The summed E-state index contributed by atoms with van der Waals surface area (Å²) in [6.45, 7) is 4.04. The van der Waals surface area contributed by atoms with Gasteiger partial charge in [0.2, 0.25) is 11.8 Å². The van der Waals surface area contributed by atoms with Gasteiger partial charge in [0.1, 0.15) is 6.04 Å². The highest BCUT2D eigenvalue weighted by molar-refractivity contribution is 5.90. The molecule has 4 fully saturated rings. The largest absolute Gasteiger partial charge is 0.395 e. The van der Waals surface area contributed by atoms with Crippen molar-refractivity contribution in [3.05, 3.63) is 0 Å². The van der Waals surface area contributed by atoms with Crippen LogP contribution >= 0.6 is 0 Å². The van der Waals surface area contributed by atoms with Gasteiger partial charge >= 0.3 is 0 Å². The van der Waals surface area contributed by atoms with Crippen molar-refractivity contribution < 1.29 is 14.7 Å². The third kappa shape index (κ3) is 3.25. The van der Waals surface area contributed by atoms with Gasteiger partial charge in [0.25, 0.3) is 0 Å². The van der Waals surface area contributed by atoms with E-state index in [1.54, 1.807) is 0 Å². The minimum atomic E-state index is -0.512. The SMILES string of the molecule is CC(C)C(NC(=O)C12CC3CC(CC(C3)C1)C2)C(=O)NCCO. The predicted octanol–water partition coefficient (Wildman–Crippen LogP) is 1.45. The zero-order valence-electron chi connectivity index (χ0n) is 14.3. The van der Waals surface area contributed by atoms with E-state index in [4.69, 9.17) is 5.11 Å². The number of nitrogens with one attached hydrogen (secondary N) is 2. The summed E-state index contributed by atoms with van der Waals surface area (Å²) < 4.78 is 0. The highest BCUT2D eigenvalue weighted by Gasteiger charge is 2.55. The second-order valence-corrected chi connectivity index (χ2v) is 8.41. The van der Waals surface area contributed by atoms with E-state index in [0.717, 1.165) is 19.3 Å². The molecule has 4 aliphatic carbocycles. The summed E-state index contributed by atoms with van der Waals surface area (Å²) in [6, 6.07) is -0.512. The summed E-state index contributed by atoms with van der Waals surface area (Å²) in [5.74, 6) is 2.08. The number of carbonyl (C=O) groups is 2. The predicted molar refractivity (Wildman–Crippen MR) is 87.5 cm³/mol. The van der Waals surface area contributed by atoms with E-state index in [-0.39, 0.29) is 36.3 Å². The molecule has 5 nitrogen and oxygen atoms in total. The molecule has 130 valence electrons. The Kier molecular flexibility index (Phi) is 4.68. The molecule has 23 heavy (non-hydrogen) atoms. The van der Waals surface area contributed by atoms with Gasteiger partial charge in [-0.3, -0.25) is 9.59 Å². The lowest BCUT2D eigenvalue weighted by Crippen LogP contribution is -2.58. The average Bonchev–Trinajstić information content (AvgIpc) is 2.48. The lowest BCUT2D eigenvalue weighted by molar-refractivity contribution is -0.149. The summed E-state index contributed by atoms with van der Waals surface area (Å²) in [7, 11) is 0. The molecule has 4 bridgehead atoms. The first-order valence-corrected chi connectivity index (χ1v) is 9.13. The Morgan fingerprint density at radius 1 is 1.09 bits per heavy atom. The number of hydrogen-bond acceptors (Lipinski definition) is 3. The van der Waals surface area contributed by atoms with Crippen molar-refractivity contribution in [2.24, 2.45) is 29.1 Å². The summed E-state index contributed by atoms with van der Waals surface area (Å²) in [4.78, 5) is 25.3. The van der Waals surface area contributed by atoms with Crippen LogP contribution in [0.15, 0.2) is 0 Å². The topological polar surface area (TPSA) is 78.4 Å². The van der Waals surface area contributed by atoms with Crippen LogP contribution in [0.5, 0.6) is 0 Å². The lowest BCUT2D eigenvalue weighted by Gasteiger charge is -2.55. The Balaban J connectivity index is 1.68. The average molecular weight is 322 g/mol. The third-order valence-corrected chi connectivity index (χ3v) is 6.17. The van der Waals surface area contributed by atoms with Crippen molar-refractivity contribution in [2.45, 2.75) is 58.4 Å². The van der Waals surface area contributed by atoms with Crippen molar-refractivity contribution in [3.8, 4) is 0 Å². The maximum Gasteiger partial charge on any atom is 0.242 e. The molecule has 0 radical (unpaired) electrons. The van der Waals surface area contributed by atoms with Gasteiger partial charge in [-0.2, -0.15) is 0 Å². The van der Waals surface area contributed by atoms with Crippen LogP contribution in [0.1, 0.15) is 52.4 Å². The maximum atomic E-state index is 13.0. The molecule has 4 rings (SSSR count). The Morgan fingerprint density at radius 2 is 1.61 bits per heavy atom. The van der Waals surface area contributed by atoms with Gasteiger partial charge in [-0.05, 0) is 62.2 Å². The monoisotopic (exact) mass is 322 g/mol. The second kappa shape index (κ2) is 6.42. The van der Waals surface area contributed by atoms with E-state index in [9.17, 15) is 9.59 Å². The summed E-state index contributed by atoms with van der Waals surface area (Å²) in [5.41, 5.74) is -0.223. The molecule has 0 aromatic carbocycles. The number of carbonyl (C=O) groups excluding carboxylic acids is 2. The summed E-state index contributed by atoms with van der Waals surface area (Å²) in [5, 5.41) is 14.6. The van der Waals surface area contributed by atoms with Crippen LogP contribution in [0.2, 0.25) is 0 Å². The van der Waals surface area contributed by atoms with E-state index in [2.05, 4.69) is 10.6 Å². The van der Waals surface area contributed by atoms with Crippen LogP contribution < -0.4 is 10.6 Å². The van der Waals surface area contributed by atoms with E-state index in [1.807, 2.05) is 13.8 Å². The molecule has 1 unspecified atom stereocenters. The first kappa shape index (κ1) is 16.7. The van der Waals surface area contributed by atoms with Crippen LogP contribution in [0.25, 0.3) is 0 Å². The van der Waals surface area contributed by atoms with Gasteiger partial charge in [-0.15, -0.1) is 0 Å². The molecule has 0 aromatic heterocycles. The van der Waals surface area contributed by atoms with Gasteiger partial charge in [0.15, 0.2) is 0 Å². The molecule has 4 saturated carbocycles. The number of amides is 2. The van der Waals surface area contributed by atoms with E-state index in [0.29, 0.717) is 17.8 Å². The first-order valence-electron chi connectivity index (χ1n) is 9.13. The molecule has 4 aliphatic rings. The zero-order chi connectivity index (χ0) is 16.6. The van der Waals surface area contributed by atoms with E-state index >= 15 is 0 Å². The Labute approximate surface area is 138 Å². The van der Waals surface area contributed by atoms with Crippen molar-refractivity contribution in [1.29, 1.82) is 0 Å². The fraction of sp³-hybridized carbons (Fsp3) is 0.889. The minimum Gasteiger partial charge on any atom is -0.395 e. The summed E-state index contributed by atoms with van der Waals surface area (Å²) in [6.07, 6.45) is 6.93. The fourth-order valence-corrected chi connectivity index (χ4v) is 5.51. The van der Waals surface area contributed by atoms with Crippen LogP contribution in [0, 0.1) is 29.1 Å². The van der Waals surface area contributed by atoms with Crippen LogP contribution in [0.3, 0.4) is 0 Å². The smallest absolute Gasteiger partial charge is 0.242 e. The number of hydrogen-bond donors (Lipinski definition) is 3. The van der Waals surface area contributed by atoms with Gasteiger partial charge in [-0.25, -0.2) is 0 Å². The molecule has 0 aliphatic heterocycles. The molecule has 5 heteroatoms. The molecule has 0 aromatic rings. The van der Waals surface area contributed by atoms with Crippen LogP contribution in [-0.4, -0.2) is 36.1 Å². The molecule has 0 saturated heterocycles. The van der Waals surface area contributed by atoms with Crippen molar-refractivity contribution in [2.75, 3.05) is 13.2 Å². The van der Waals surface area contributed by atoms with Crippen molar-refractivity contribution in [3.63, 3.8) is 0 Å². The Hall–Kier alpha value is -1.10. The van der Waals surface area contributed by atoms with Crippen LogP contribution in [0.4, 0.5) is 0 Å². The maximum absolute atomic E-state index is 13.0. The first-order chi connectivity index (χ1) is 10.9. The highest BCUT2D eigenvalue weighted by Crippen LogP contribution is 2.60.